The Hall–Kier alpha value is -2.05. The number of nitrogens with one attached hydrogen (secondary N) is 1. The van der Waals surface area contributed by atoms with Gasteiger partial charge in [0, 0.05) is 19.5 Å². The third-order valence-electron chi connectivity index (χ3n) is 5.51. The molecule has 7 heteroatoms. The largest absolute Gasteiger partial charge is 0.444 e. The lowest BCUT2D eigenvalue weighted by Gasteiger charge is -2.42. The van der Waals surface area contributed by atoms with Crippen LogP contribution in [0.5, 0.6) is 0 Å². The maximum Gasteiger partial charge on any atom is 0.408 e. The van der Waals surface area contributed by atoms with E-state index in [2.05, 4.69) is 17.4 Å². The second-order valence-corrected chi connectivity index (χ2v) is 8.73. The molecule has 0 radical (unpaired) electrons. The van der Waals surface area contributed by atoms with Crippen LogP contribution in [0, 0.1) is 11.3 Å². The number of ether oxygens (including phenoxy) is 1. The predicted molar refractivity (Wildman–Crippen MR) is 95.2 cm³/mol. The summed E-state index contributed by atoms with van der Waals surface area (Å²) in [6.07, 6.45) is 2.88. The molecule has 1 aliphatic carbocycles. The monoisotopic (exact) mass is 363 g/mol. The van der Waals surface area contributed by atoms with Gasteiger partial charge in [-0.1, -0.05) is 12.1 Å². The SMILES string of the molecule is CC(=O)N1C[C@H](C)C2(CC2)C[C@H]1c1cc(CNC(=O)OC(C)(C)C)on1. The van der Waals surface area contributed by atoms with Gasteiger partial charge in [0.2, 0.25) is 5.91 Å². The van der Waals surface area contributed by atoms with E-state index in [0.29, 0.717) is 17.1 Å². The van der Waals surface area contributed by atoms with Gasteiger partial charge in [-0.25, -0.2) is 4.79 Å². The van der Waals surface area contributed by atoms with Crippen molar-refractivity contribution in [3.05, 3.63) is 17.5 Å². The van der Waals surface area contributed by atoms with E-state index in [1.54, 1.807) is 6.92 Å². The Bertz CT molecular complexity index is 687. The van der Waals surface area contributed by atoms with Crippen molar-refractivity contribution in [2.24, 2.45) is 11.3 Å². The zero-order valence-electron chi connectivity index (χ0n) is 16.3. The smallest absolute Gasteiger partial charge is 0.408 e. The molecule has 0 aromatic carbocycles. The highest BCUT2D eigenvalue weighted by Crippen LogP contribution is 2.60. The number of alkyl carbamates (subject to hydrolysis) is 1. The standard InChI is InChI=1S/C19H29N3O4/c1-12-11-22(13(2)23)16(9-19(12)6-7-19)15-8-14(26-21-15)10-20-17(24)25-18(3,4)5/h8,12,16H,6-7,9-11H2,1-5H3,(H,20,24)/t12-,16-/m0/s1. The van der Waals surface area contributed by atoms with Gasteiger partial charge in [-0.3, -0.25) is 4.79 Å². The van der Waals surface area contributed by atoms with Gasteiger partial charge in [-0.2, -0.15) is 0 Å². The second kappa shape index (κ2) is 6.59. The summed E-state index contributed by atoms with van der Waals surface area (Å²) in [6, 6.07) is 1.79. The normalized spacial score (nSPS) is 24.4. The summed E-state index contributed by atoms with van der Waals surface area (Å²) in [5.41, 5.74) is 0.569. The van der Waals surface area contributed by atoms with Crippen LogP contribution in [-0.4, -0.2) is 34.2 Å². The number of amides is 2. The zero-order chi connectivity index (χ0) is 19.1. The highest BCUT2D eigenvalue weighted by atomic mass is 16.6. The maximum absolute atomic E-state index is 12.1. The fraction of sp³-hybridized carbons (Fsp3) is 0.737. The number of piperidine rings is 1. The van der Waals surface area contributed by atoms with Gasteiger partial charge in [0.25, 0.3) is 0 Å². The molecule has 2 aliphatic rings. The molecule has 1 N–H and O–H groups in total. The van der Waals surface area contributed by atoms with E-state index in [-0.39, 0.29) is 18.5 Å². The molecule has 144 valence electrons. The molecule has 1 aromatic rings. The lowest BCUT2D eigenvalue weighted by molar-refractivity contribution is -0.135. The summed E-state index contributed by atoms with van der Waals surface area (Å²) < 4.78 is 10.6. The minimum absolute atomic E-state index is 0.0507. The lowest BCUT2D eigenvalue weighted by atomic mass is 9.79. The van der Waals surface area contributed by atoms with Crippen LogP contribution >= 0.6 is 0 Å². The summed E-state index contributed by atoms with van der Waals surface area (Å²) in [5, 5.41) is 6.85. The van der Waals surface area contributed by atoms with Gasteiger partial charge in [0.15, 0.2) is 5.76 Å². The van der Waals surface area contributed by atoms with E-state index in [1.807, 2.05) is 31.7 Å². The third-order valence-corrected chi connectivity index (χ3v) is 5.51. The van der Waals surface area contributed by atoms with E-state index < -0.39 is 11.7 Å². The van der Waals surface area contributed by atoms with E-state index in [9.17, 15) is 9.59 Å². The van der Waals surface area contributed by atoms with Crippen LogP contribution in [-0.2, 0) is 16.1 Å². The number of carbonyl (C=O) groups excluding carboxylic acids is 2. The Morgan fingerprint density at radius 2 is 2.12 bits per heavy atom. The minimum atomic E-state index is -0.546. The quantitative estimate of drug-likeness (QED) is 0.889. The van der Waals surface area contributed by atoms with E-state index in [1.165, 1.54) is 12.8 Å². The highest BCUT2D eigenvalue weighted by Gasteiger charge is 2.53. The molecule has 1 saturated heterocycles. The first-order valence-electron chi connectivity index (χ1n) is 9.29. The maximum atomic E-state index is 12.1. The van der Waals surface area contributed by atoms with Crippen molar-refractivity contribution in [2.45, 2.75) is 72.1 Å². The van der Waals surface area contributed by atoms with Crippen molar-refractivity contribution in [1.29, 1.82) is 0 Å². The fourth-order valence-corrected chi connectivity index (χ4v) is 3.82. The first-order chi connectivity index (χ1) is 12.1. The molecule has 0 unspecified atom stereocenters. The summed E-state index contributed by atoms with van der Waals surface area (Å²) in [7, 11) is 0. The van der Waals surface area contributed by atoms with Gasteiger partial charge in [0.05, 0.1) is 12.6 Å². The van der Waals surface area contributed by atoms with Crippen molar-refractivity contribution in [3.63, 3.8) is 0 Å². The average Bonchev–Trinajstić information content (AvgIpc) is 3.13. The minimum Gasteiger partial charge on any atom is -0.444 e. The summed E-state index contributed by atoms with van der Waals surface area (Å²) in [4.78, 5) is 25.8. The van der Waals surface area contributed by atoms with Crippen molar-refractivity contribution >= 4 is 12.0 Å². The molecule has 1 aliphatic heterocycles. The summed E-state index contributed by atoms with van der Waals surface area (Å²) in [6.45, 7) is 10.2. The van der Waals surface area contributed by atoms with Crippen LogP contribution in [0.25, 0.3) is 0 Å². The predicted octanol–water partition coefficient (Wildman–Crippen LogP) is 3.41. The molecule has 3 rings (SSSR count). The summed E-state index contributed by atoms with van der Waals surface area (Å²) in [5.74, 6) is 1.13. The Balaban J connectivity index is 1.66. The molecule has 2 heterocycles. The Kier molecular flexibility index (Phi) is 4.75. The van der Waals surface area contributed by atoms with Crippen LogP contribution < -0.4 is 5.32 Å². The van der Waals surface area contributed by atoms with Crippen LogP contribution in [0.3, 0.4) is 0 Å². The first kappa shape index (κ1) is 18.7. The van der Waals surface area contributed by atoms with Crippen LogP contribution in [0.2, 0.25) is 0 Å². The first-order valence-corrected chi connectivity index (χ1v) is 9.29. The fourth-order valence-electron chi connectivity index (χ4n) is 3.82. The van der Waals surface area contributed by atoms with Gasteiger partial charge >= 0.3 is 6.09 Å². The Labute approximate surface area is 154 Å². The molecule has 7 nitrogen and oxygen atoms in total. The van der Waals surface area contributed by atoms with Gasteiger partial charge in [-0.15, -0.1) is 0 Å². The number of rotatable bonds is 3. The number of aromatic nitrogens is 1. The molecule has 1 aromatic heterocycles. The second-order valence-electron chi connectivity index (χ2n) is 8.73. The van der Waals surface area contributed by atoms with Gasteiger partial charge < -0.3 is 19.5 Å². The summed E-state index contributed by atoms with van der Waals surface area (Å²) >= 11 is 0. The van der Waals surface area contributed by atoms with E-state index >= 15 is 0 Å². The van der Waals surface area contributed by atoms with Crippen molar-refractivity contribution in [1.82, 2.24) is 15.4 Å². The number of nitrogens with zero attached hydrogens (tertiary/aromatic N) is 2. The number of hydrogen-bond donors (Lipinski definition) is 1. The topological polar surface area (TPSA) is 84.7 Å². The van der Waals surface area contributed by atoms with Crippen molar-refractivity contribution in [3.8, 4) is 0 Å². The number of carbonyl (C=O) groups is 2. The molecule has 2 fully saturated rings. The van der Waals surface area contributed by atoms with Crippen LogP contribution in [0.4, 0.5) is 4.79 Å². The molecular formula is C19H29N3O4. The molecular weight excluding hydrogens is 334 g/mol. The molecule has 26 heavy (non-hydrogen) atoms. The van der Waals surface area contributed by atoms with Gasteiger partial charge in [0.1, 0.15) is 11.3 Å². The van der Waals surface area contributed by atoms with E-state index in [4.69, 9.17) is 9.26 Å². The molecule has 1 saturated carbocycles. The van der Waals surface area contributed by atoms with E-state index in [0.717, 1.165) is 18.7 Å². The molecule has 0 bridgehead atoms. The molecule has 2 amide bonds. The Morgan fingerprint density at radius 1 is 1.42 bits per heavy atom. The van der Waals surface area contributed by atoms with Crippen LogP contribution in [0.15, 0.2) is 10.6 Å². The zero-order valence-corrected chi connectivity index (χ0v) is 16.3. The average molecular weight is 363 g/mol. The van der Waals surface area contributed by atoms with Gasteiger partial charge in [-0.05, 0) is 51.4 Å². The third kappa shape index (κ3) is 4.02. The highest BCUT2D eigenvalue weighted by molar-refractivity contribution is 5.74. The molecule has 1 spiro atoms. The lowest BCUT2D eigenvalue weighted by Crippen LogP contribution is -2.45. The molecule has 2 atom stereocenters. The number of hydrogen-bond acceptors (Lipinski definition) is 5. The van der Waals surface area contributed by atoms with Crippen molar-refractivity contribution < 1.29 is 18.8 Å². The van der Waals surface area contributed by atoms with Crippen molar-refractivity contribution in [2.75, 3.05) is 6.54 Å². The van der Waals surface area contributed by atoms with Crippen LogP contribution in [0.1, 0.15) is 71.4 Å². The number of likely N-dealkylation sites (tertiary alicyclic amines) is 1. The Morgan fingerprint density at radius 3 is 2.69 bits per heavy atom.